The number of carbonyl (C=O) groups excluding carboxylic acids is 1. The number of thioether (sulfide) groups is 1. The summed E-state index contributed by atoms with van der Waals surface area (Å²) >= 11 is 1.87. The van der Waals surface area contributed by atoms with E-state index >= 15 is 0 Å². The van der Waals surface area contributed by atoms with E-state index in [0.29, 0.717) is 22.8 Å². The Morgan fingerprint density at radius 2 is 2.05 bits per heavy atom. The first-order valence-electron chi connectivity index (χ1n) is 6.52. The minimum atomic E-state index is -0.0471. The second-order valence-corrected chi connectivity index (χ2v) is 5.95. The fraction of sp³-hybridized carbons (Fsp3) is 0.357. The highest BCUT2D eigenvalue weighted by Crippen LogP contribution is 2.40. The quantitative estimate of drug-likeness (QED) is 0.807. The molecular weight excluding hydrogens is 278 g/mol. The molecule has 5 nitrogen and oxygen atoms in total. The largest absolute Gasteiger partial charge is 0.454 e. The summed E-state index contributed by atoms with van der Waals surface area (Å²) in [6.07, 6.45) is 0. The number of furan rings is 1. The molecule has 2 aliphatic heterocycles. The van der Waals surface area contributed by atoms with Crippen LogP contribution >= 0.6 is 11.8 Å². The zero-order valence-electron chi connectivity index (χ0n) is 10.8. The zero-order chi connectivity index (χ0) is 13.5. The third kappa shape index (κ3) is 1.83. The first-order chi connectivity index (χ1) is 9.83. The van der Waals surface area contributed by atoms with Crippen LogP contribution in [-0.2, 0) is 0 Å². The molecule has 1 amide bonds. The van der Waals surface area contributed by atoms with Crippen molar-refractivity contribution in [3.05, 3.63) is 24.0 Å². The van der Waals surface area contributed by atoms with Crippen LogP contribution in [0.5, 0.6) is 11.5 Å². The van der Waals surface area contributed by atoms with Crippen LogP contribution in [0.15, 0.2) is 22.6 Å². The van der Waals surface area contributed by atoms with Crippen LogP contribution in [0.3, 0.4) is 0 Å². The summed E-state index contributed by atoms with van der Waals surface area (Å²) < 4.78 is 16.4. The molecule has 0 bridgehead atoms. The van der Waals surface area contributed by atoms with Gasteiger partial charge in [0.2, 0.25) is 6.79 Å². The Morgan fingerprint density at radius 1 is 1.20 bits per heavy atom. The highest BCUT2D eigenvalue weighted by molar-refractivity contribution is 7.99. The third-order valence-corrected chi connectivity index (χ3v) is 4.48. The minimum Gasteiger partial charge on any atom is -0.454 e. The molecule has 0 spiro atoms. The lowest BCUT2D eigenvalue weighted by Crippen LogP contribution is -2.37. The van der Waals surface area contributed by atoms with Crippen LogP contribution in [0.25, 0.3) is 11.0 Å². The standard InChI is InChI=1S/C14H13NO4S/c16-14(15-3-5-20-6-4-15)12-7-9-10(19-12)1-2-11-13(9)18-8-17-11/h1-2,7H,3-6,8H2. The van der Waals surface area contributed by atoms with Crippen LogP contribution in [0.1, 0.15) is 10.6 Å². The van der Waals surface area contributed by atoms with Gasteiger partial charge in [-0.3, -0.25) is 4.79 Å². The van der Waals surface area contributed by atoms with Gasteiger partial charge in [-0.1, -0.05) is 0 Å². The van der Waals surface area contributed by atoms with Gasteiger partial charge >= 0.3 is 0 Å². The highest BCUT2D eigenvalue weighted by atomic mass is 32.2. The van der Waals surface area contributed by atoms with Crippen molar-refractivity contribution in [2.75, 3.05) is 31.4 Å². The Bertz CT molecular complexity index is 675. The van der Waals surface area contributed by atoms with Crippen molar-refractivity contribution in [1.82, 2.24) is 4.90 Å². The van der Waals surface area contributed by atoms with Crippen molar-refractivity contribution in [2.24, 2.45) is 0 Å². The fourth-order valence-corrected chi connectivity index (χ4v) is 3.41. The van der Waals surface area contributed by atoms with Gasteiger partial charge < -0.3 is 18.8 Å². The predicted octanol–water partition coefficient (Wildman–Crippen LogP) is 2.35. The SMILES string of the molecule is O=C(c1cc2c3c(ccc2o1)OCO3)N1CCSCC1. The molecular formula is C14H13NO4S. The molecule has 1 saturated heterocycles. The lowest BCUT2D eigenvalue weighted by Gasteiger charge is -2.25. The van der Waals surface area contributed by atoms with Crippen LogP contribution in [0, 0.1) is 0 Å². The van der Waals surface area contributed by atoms with Gasteiger partial charge in [0.05, 0.1) is 5.39 Å². The molecule has 2 aromatic rings. The smallest absolute Gasteiger partial charge is 0.289 e. The van der Waals surface area contributed by atoms with Gasteiger partial charge in [-0.25, -0.2) is 0 Å². The maximum absolute atomic E-state index is 12.4. The van der Waals surface area contributed by atoms with Crippen molar-refractivity contribution < 1.29 is 18.7 Å². The lowest BCUT2D eigenvalue weighted by atomic mass is 10.2. The third-order valence-electron chi connectivity index (χ3n) is 3.54. The predicted molar refractivity (Wildman–Crippen MR) is 75.6 cm³/mol. The summed E-state index contributed by atoms with van der Waals surface area (Å²) in [6, 6.07) is 5.37. The van der Waals surface area contributed by atoms with Crippen molar-refractivity contribution >= 4 is 28.6 Å². The molecule has 104 valence electrons. The normalized spacial score (nSPS) is 17.7. The van der Waals surface area contributed by atoms with Crippen molar-refractivity contribution in [3.63, 3.8) is 0 Å². The molecule has 4 rings (SSSR count). The Morgan fingerprint density at radius 3 is 2.90 bits per heavy atom. The van der Waals surface area contributed by atoms with E-state index in [1.54, 1.807) is 12.1 Å². The number of benzene rings is 1. The van der Waals surface area contributed by atoms with Crippen molar-refractivity contribution in [1.29, 1.82) is 0 Å². The van der Waals surface area contributed by atoms with Crippen LogP contribution in [0.2, 0.25) is 0 Å². The molecule has 6 heteroatoms. The van der Waals surface area contributed by atoms with E-state index in [4.69, 9.17) is 13.9 Å². The Labute approximate surface area is 119 Å². The average molecular weight is 291 g/mol. The van der Waals surface area contributed by atoms with E-state index in [9.17, 15) is 4.79 Å². The summed E-state index contributed by atoms with van der Waals surface area (Å²) in [7, 11) is 0. The number of ether oxygens (including phenoxy) is 2. The van der Waals surface area contributed by atoms with Crippen LogP contribution in [0.4, 0.5) is 0 Å². The maximum atomic E-state index is 12.4. The first-order valence-corrected chi connectivity index (χ1v) is 7.67. The molecule has 3 heterocycles. The Hall–Kier alpha value is -1.82. The number of hydrogen-bond donors (Lipinski definition) is 0. The van der Waals surface area contributed by atoms with Gasteiger partial charge in [0.15, 0.2) is 17.3 Å². The average Bonchev–Trinajstić information content (AvgIpc) is 3.12. The van der Waals surface area contributed by atoms with E-state index in [2.05, 4.69) is 0 Å². The van der Waals surface area contributed by atoms with Gasteiger partial charge in [0, 0.05) is 30.7 Å². The number of hydrogen-bond acceptors (Lipinski definition) is 5. The number of amides is 1. The van der Waals surface area contributed by atoms with E-state index in [1.165, 1.54) is 0 Å². The minimum absolute atomic E-state index is 0.0471. The van der Waals surface area contributed by atoms with Gasteiger partial charge in [-0.2, -0.15) is 11.8 Å². The second kappa shape index (κ2) is 4.63. The summed E-state index contributed by atoms with van der Waals surface area (Å²) in [5.41, 5.74) is 0.656. The van der Waals surface area contributed by atoms with Gasteiger partial charge in [-0.15, -0.1) is 0 Å². The molecule has 0 saturated carbocycles. The topological polar surface area (TPSA) is 51.9 Å². The maximum Gasteiger partial charge on any atom is 0.289 e. The molecule has 2 aliphatic rings. The van der Waals surface area contributed by atoms with Gasteiger partial charge in [-0.05, 0) is 12.1 Å². The monoisotopic (exact) mass is 291 g/mol. The van der Waals surface area contributed by atoms with Crippen molar-refractivity contribution in [2.45, 2.75) is 0 Å². The lowest BCUT2D eigenvalue weighted by molar-refractivity contribution is 0.0743. The first kappa shape index (κ1) is 12.0. The van der Waals surface area contributed by atoms with E-state index in [0.717, 1.165) is 30.0 Å². The molecule has 1 fully saturated rings. The number of rotatable bonds is 1. The molecule has 0 aliphatic carbocycles. The Kier molecular flexibility index (Phi) is 2.77. The molecule has 0 N–H and O–H groups in total. The number of nitrogens with zero attached hydrogens (tertiary/aromatic N) is 1. The van der Waals surface area contributed by atoms with Crippen molar-refractivity contribution in [3.8, 4) is 11.5 Å². The van der Waals surface area contributed by atoms with E-state index in [1.807, 2.05) is 22.7 Å². The van der Waals surface area contributed by atoms with Crippen LogP contribution < -0.4 is 9.47 Å². The summed E-state index contributed by atoms with van der Waals surface area (Å²) in [4.78, 5) is 14.3. The van der Waals surface area contributed by atoms with E-state index < -0.39 is 0 Å². The summed E-state index contributed by atoms with van der Waals surface area (Å²) in [6.45, 7) is 1.77. The van der Waals surface area contributed by atoms with Gasteiger partial charge in [0.25, 0.3) is 5.91 Å². The Balaban J connectivity index is 1.72. The molecule has 0 unspecified atom stereocenters. The molecule has 0 radical (unpaired) electrons. The molecule has 1 aromatic heterocycles. The molecule has 0 atom stereocenters. The van der Waals surface area contributed by atoms with Crippen LogP contribution in [-0.4, -0.2) is 42.2 Å². The molecule has 1 aromatic carbocycles. The summed E-state index contributed by atoms with van der Waals surface area (Å²) in [5.74, 6) is 3.66. The zero-order valence-corrected chi connectivity index (χ0v) is 11.6. The highest BCUT2D eigenvalue weighted by Gasteiger charge is 2.25. The summed E-state index contributed by atoms with van der Waals surface area (Å²) in [5, 5.41) is 0.801. The van der Waals surface area contributed by atoms with E-state index in [-0.39, 0.29) is 12.7 Å². The number of fused-ring (bicyclic) bond motifs is 3. The molecule has 20 heavy (non-hydrogen) atoms. The second-order valence-electron chi connectivity index (χ2n) is 4.73. The van der Waals surface area contributed by atoms with Gasteiger partial charge in [0.1, 0.15) is 5.58 Å². The number of carbonyl (C=O) groups is 1. The fourth-order valence-electron chi connectivity index (χ4n) is 2.51.